The van der Waals surface area contributed by atoms with Gasteiger partial charge in [0.05, 0.1) is 11.4 Å². The Morgan fingerprint density at radius 2 is 1.63 bits per heavy atom. The molecule has 2 aromatic carbocycles. The summed E-state index contributed by atoms with van der Waals surface area (Å²) >= 11 is 0. The van der Waals surface area contributed by atoms with Gasteiger partial charge in [-0.05, 0) is 79.6 Å². The summed E-state index contributed by atoms with van der Waals surface area (Å²) in [7, 11) is 0. The molecule has 2 amide bonds. The molecule has 2 aromatic rings. The summed E-state index contributed by atoms with van der Waals surface area (Å²) < 4.78 is 0. The minimum absolute atomic E-state index is 0.257. The van der Waals surface area contributed by atoms with Gasteiger partial charge in [0.25, 0.3) is 11.8 Å². The van der Waals surface area contributed by atoms with E-state index in [0.29, 0.717) is 5.69 Å². The number of hydrogen-bond donors (Lipinski definition) is 0. The molecule has 0 saturated carbocycles. The molecule has 6 nitrogen and oxygen atoms in total. The molecule has 1 saturated heterocycles. The third-order valence-corrected chi connectivity index (χ3v) is 5.59. The van der Waals surface area contributed by atoms with E-state index in [4.69, 9.17) is 0 Å². The fourth-order valence-corrected chi connectivity index (χ4v) is 4.41. The predicted octanol–water partition coefficient (Wildman–Crippen LogP) is 3.29. The van der Waals surface area contributed by atoms with Gasteiger partial charge in [0.15, 0.2) is 12.1 Å². The number of anilines is 2. The summed E-state index contributed by atoms with van der Waals surface area (Å²) in [6.07, 6.45) is 3.19. The molecule has 2 atom stereocenters. The Labute approximate surface area is 157 Å². The van der Waals surface area contributed by atoms with Crippen molar-refractivity contribution in [2.24, 2.45) is 10.3 Å². The third kappa shape index (κ3) is 2.40. The van der Waals surface area contributed by atoms with Crippen molar-refractivity contribution in [2.45, 2.75) is 45.2 Å². The lowest BCUT2D eigenvalue weighted by atomic mass is 10.1. The van der Waals surface area contributed by atoms with Crippen molar-refractivity contribution in [3.8, 4) is 0 Å². The van der Waals surface area contributed by atoms with Crippen molar-refractivity contribution in [2.75, 3.05) is 9.91 Å². The van der Waals surface area contributed by atoms with Crippen LogP contribution in [-0.2, 0) is 22.4 Å². The second kappa shape index (κ2) is 5.74. The van der Waals surface area contributed by atoms with Gasteiger partial charge in [-0.2, -0.15) is 5.11 Å². The largest absolute Gasteiger partial charge is 0.271 e. The molecular formula is C21H20N4O2. The van der Waals surface area contributed by atoms with Crippen LogP contribution in [0, 0.1) is 13.8 Å². The van der Waals surface area contributed by atoms with E-state index < -0.39 is 12.1 Å². The van der Waals surface area contributed by atoms with Gasteiger partial charge in [0.2, 0.25) is 0 Å². The monoisotopic (exact) mass is 360 g/mol. The Bertz CT molecular complexity index is 993. The van der Waals surface area contributed by atoms with Crippen LogP contribution in [0.3, 0.4) is 0 Å². The fourth-order valence-electron chi connectivity index (χ4n) is 4.41. The van der Waals surface area contributed by atoms with Gasteiger partial charge < -0.3 is 0 Å². The van der Waals surface area contributed by atoms with Gasteiger partial charge in [-0.1, -0.05) is 17.4 Å². The predicted molar refractivity (Wildman–Crippen MR) is 102 cm³/mol. The topological polar surface area (TPSA) is 65.3 Å². The Kier molecular flexibility index (Phi) is 3.44. The summed E-state index contributed by atoms with van der Waals surface area (Å²) in [6.45, 7) is 4.00. The molecule has 0 bridgehead atoms. The van der Waals surface area contributed by atoms with Gasteiger partial charge >= 0.3 is 0 Å². The number of fused-ring (bicyclic) bond motifs is 2. The number of rotatable bonds is 2. The number of aryl methyl sites for hydroxylation is 4. The lowest BCUT2D eigenvalue weighted by Gasteiger charge is -2.21. The van der Waals surface area contributed by atoms with E-state index in [0.717, 1.165) is 36.1 Å². The number of imide groups is 1. The number of carbonyl (C=O) groups excluding carboxylic acids is 2. The van der Waals surface area contributed by atoms with E-state index in [1.807, 2.05) is 44.2 Å². The summed E-state index contributed by atoms with van der Waals surface area (Å²) in [5.74, 6) is -0.550. The van der Waals surface area contributed by atoms with Gasteiger partial charge in [-0.25, -0.2) is 9.91 Å². The van der Waals surface area contributed by atoms with E-state index in [9.17, 15) is 9.59 Å². The Hall–Kier alpha value is -3.02. The first-order valence-corrected chi connectivity index (χ1v) is 9.31. The lowest BCUT2D eigenvalue weighted by molar-refractivity contribution is -0.121. The van der Waals surface area contributed by atoms with E-state index in [2.05, 4.69) is 16.4 Å². The summed E-state index contributed by atoms with van der Waals surface area (Å²) in [5.41, 5.74) is 6.15. The average molecular weight is 360 g/mol. The van der Waals surface area contributed by atoms with Crippen LogP contribution in [0.2, 0.25) is 0 Å². The van der Waals surface area contributed by atoms with Gasteiger partial charge in [0.1, 0.15) is 0 Å². The molecular weight excluding hydrogens is 340 g/mol. The maximum absolute atomic E-state index is 13.2. The molecule has 0 N–H and O–H groups in total. The quantitative estimate of drug-likeness (QED) is 0.772. The highest BCUT2D eigenvalue weighted by Crippen LogP contribution is 2.36. The van der Waals surface area contributed by atoms with E-state index in [1.165, 1.54) is 16.0 Å². The Morgan fingerprint density at radius 1 is 0.889 bits per heavy atom. The van der Waals surface area contributed by atoms with E-state index >= 15 is 0 Å². The molecule has 0 unspecified atom stereocenters. The smallest absolute Gasteiger partial charge is 0.263 e. The average Bonchev–Trinajstić information content (AvgIpc) is 3.31. The zero-order valence-electron chi connectivity index (χ0n) is 15.3. The zero-order chi connectivity index (χ0) is 18.7. The lowest BCUT2D eigenvalue weighted by Crippen LogP contribution is -2.40. The summed E-state index contributed by atoms with van der Waals surface area (Å²) in [6, 6.07) is 10.4. The van der Waals surface area contributed by atoms with Crippen LogP contribution < -0.4 is 9.91 Å². The van der Waals surface area contributed by atoms with Crippen LogP contribution in [0.5, 0.6) is 0 Å². The highest BCUT2D eigenvalue weighted by Gasteiger charge is 2.55. The van der Waals surface area contributed by atoms with Crippen molar-refractivity contribution in [1.82, 2.24) is 0 Å². The molecule has 0 spiro atoms. The molecule has 3 aliphatic rings. The van der Waals surface area contributed by atoms with Gasteiger partial charge in [-0.15, -0.1) is 0 Å². The van der Waals surface area contributed by atoms with E-state index in [-0.39, 0.29) is 11.8 Å². The molecule has 2 aliphatic heterocycles. The first kappa shape index (κ1) is 16.2. The van der Waals surface area contributed by atoms with Crippen LogP contribution in [0.25, 0.3) is 0 Å². The van der Waals surface area contributed by atoms with Gasteiger partial charge in [-0.3, -0.25) is 9.59 Å². The molecule has 0 radical (unpaired) electrons. The summed E-state index contributed by atoms with van der Waals surface area (Å²) in [4.78, 5) is 27.4. The molecule has 6 heteroatoms. The van der Waals surface area contributed by atoms with Crippen molar-refractivity contribution < 1.29 is 9.59 Å². The van der Waals surface area contributed by atoms with Crippen LogP contribution in [0.15, 0.2) is 46.7 Å². The molecule has 2 heterocycles. The highest BCUT2D eigenvalue weighted by molar-refractivity contribution is 6.26. The molecule has 27 heavy (non-hydrogen) atoms. The molecule has 1 fully saturated rings. The van der Waals surface area contributed by atoms with Crippen LogP contribution in [-0.4, -0.2) is 23.9 Å². The van der Waals surface area contributed by atoms with Crippen molar-refractivity contribution >= 4 is 23.2 Å². The molecule has 0 aromatic heterocycles. The normalized spacial score (nSPS) is 23.3. The minimum atomic E-state index is -0.772. The standard InChI is InChI=1S/C21H20N4O2/c1-12-8-13(2)10-17(9-12)25-19-18(22-23-25)20(26)24(21(19)27)16-7-6-14-4-3-5-15(14)11-16/h6-11,18-19H,3-5H2,1-2H3/t18-,19+/m1/s1. The molecule has 1 aliphatic carbocycles. The maximum Gasteiger partial charge on any atom is 0.263 e. The van der Waals surface area contributed by atoms with Crippen LogP contribution in [0.4, 0.5) is 11.4 Å². The van der Waals surface area contributed by atoms with Gasteiger partial charge in [0, 0.05) is 0 Å². The SMILES string of the molecule is Cc1cc(C)cc(N2N=N[C@H]3C(=O)N(c4ccc5c(c4)CCC5)C(=O)[C@H]32)c1. The second-order valence-electron chi connectivity index (χ2n) is 7.60. The highest BCUT2D eigenvalue weighted by atomic mass is 16.2. The number of benzene rings is 2. The maximum atomic E-state index is 13.2. The third-order valence-electron chi connectivity index (χ3n) is 5.59. The van der Waals surface area contributed by atoms with Crippen molar-refractivity contribution in [1.29, 1.82) is 0 Å². The number of amides is 2. The van der Waals surface area contributed by atoms with Crippen molar-refractivity contribution in [3.63, 3.8) is 0 Å². The number of hydrogen-bond acceptors (Lipinski definition) is 5. The minimum Gasteiger partial charge on any atom is -0.271 e. The number of nitrogens with zero attached hydrogens (tertiary/aromatic N) is 4. The first-order chi connectivity index (χ1) is 13.0. The van der Waals surface area contributed by atoms with Crippen molar-refractivity contribution in [3.05, 3.63) is 58.7 Å². The fraction of sp³-hybridized carbons (Fsp3) is 0.333. The Balaban J connectivity index is 1.51. The summed E-state index contributed by atoms with van der Waals surface area (Å²) in [5, 5.41) is 9.88. The zero-order valence-corrected chi connectivity index (χ0v) is 15.3. The van der Waals surface area contributed by atoms with Crippen LogP contribution >= 0.6 is 0 Å². The van der Waals surface area contributed by atoms with E-state index in [1.54, 1.807) is 5.01 Å². The second-order valence-corrected chi connectivity index (χ2v) is 7.60. The Morgan fingerprint density at radius 3 is 2.41 bits per heavy atom. The molecule has 5 rings (SSSR count). The molecule has 136 valence electrons. The van der Waals surface area contributed by atoms with Crippen LogP contribution in [0.1, 0.15) is 28.7 Å². The first-order valence-electron chi connectivity index (χ1n) is 9.31. The number of carbonyl (C=O) groups is 2.